The SMILES string of the molecule is O=C(CC1CCCN1)N1CCc2c1cccc2[N+](=O)[O-]. The van der Waals surface area contributed by atoms with Crippen LogP contribution in [-0.2, 0) is 11.2 Å². The predicted octanol–water partition coefficient (Wildman–Crippen LogP) is 1.63. The van der Waals surface area contributed by atoms with Crippen molar-refractivity contribution in [2.24, 2.45) is 0 Å². The lowest BCUT2D eigenvalue weighted by molar-refractivity contribution is -0.385. The van der Waals surface area contributed by atoms with Gasteiger partial charge in [-0.05, 0) is 31.9 Å². The van der Waals surface area contributed by atoms with E-state index in [0.717, 1.165) is 19.4 Å². The van der Waals surface area contributed by atoms with Crippen molar-refractivity contribution in [3.63, 3.8) is 0 Å². The van der Waals surface area contributed by atoms with Gasteiger partial charge in [0, 0.05) is 25.1 Å². The first kappa shape index (κ1) is 13.1. The van der Waals surface area contributed by atoms with Gasteiger partial charge < -0.3 is 10.2 Å². The lowest BCUT2D eigenvalue weighted by Gasteiger charge is -2.19. The monoisotopic (exact) mass is 275 g/mol. The first-order chi connectivity index (χ1) is 9.66. The van der Waals surface area contributed by atoms with Crippen molar-refractivity contribution in [1.82, 2.24) is 5.32 Å². The second-order valence-corrected chi connectivity index (χ2v) is 5.32. The molecule has 0 bridgehead atoms. The van der Waals surface area contributed by atoms with Gasteiger partial charge in [0.15, 0.2) is 0 Å². The molecule has 0 saturated carbocycles. The molecular formula is C14H17N3O3. The summed E-state index contributed by atoms with van der Waals surface area (Å²) >= 11 is 0. The van der Waals surface area contributed by atoms with E-state index < -0.39 is 0 Å². The van der Waals surface area contributed by atoms with Gasteiger partial charge >= 0.3 is 0 Å². The molecule has 1 fully saturated rings. The van der Waals surface area contributed by atoms with E-state index in [-0.39, 0.29) is 22.6 Å². The molecule has 2 heterocycles. The highest BCUT2D eigenvalue weighted by Gasteiger charge is 2.31. The van der Waals surface area contributed by atoms with Gasteiger partial charge in [-0.25, -0.2) is 0 Å². The van der Waals surface area contributed by atoms with Crippen molar-refractivity contribution >= 4 is 17.3 Å². The van der Waals surface area contributed by atoms with Gasteiger partial charge in [-0.2, -0.15) is 0 Å². The van der Waals surface area contributed by atoms with E-state index in [4.69, 9.17) is 0 Å². The Labute approximate surface area is 116 Å². The minimum Gasteiger partial charge on any atom is -0.313 e. The van der Waals surface area contributed by atoms with Gasteiger partial charge in [0.05, 0.1) is 16.2 Å². The van der Waals surface area contributed by atoms with Crippen LogP contribution >= 0.6 is 0 Å². The minimum absolute atomic E-state index is 0.0589. The van der Waals surface area contributed by atoms with E-state index in [1.807, 2.05) is 0 Å². The van der Waals surface area contributed by atoms with Gasteiger partial charge in [-0.15, -0.1) is 0 Å². The zero-order valence-electron chi connectivity index (χ0n) is 11.2. The average molecular weight is 275 g/mol. The summed E-state index contributed by atoms with van der Waals surface area (Å²) in [4.78, 5) is 24.7. The Balaban J connectivity index is 1.80. The fourth-order valence-corrected chi connectivity index (χ4v) is 3.10. The molecule has 6 nitrogen and oxygen atoms in total. The second-order valence-electron chi connectivity index (χ2n) is 5.32. The summed E-state index contributed by atoms with van der Waals surface area (Å²) in [5.41, 5.74) is 1.52. The summed E-state index contributed by atoms with van der Waals surface area (Å²) in [6.45, 7) is 1.52. The van der Waals surface area contributed by atoms with Crippen LogP contribution in [0.1, 0.15) is 24.8 Å². The lowest BCUT2D eigenvalue weighted by Crippen LogP contribution is -2.34. The third kappa shape index (κ3) is 2.27. The fourth-order valence-electron chi connectivity index (χ4n) is 3.10. The van der Waals surface area contributed by atoms with E-state index in [0.29, 0.717) is 30.6 Å². The predicted molar refractivity (Wildman–Crippen MR) is 74.8 cm³/mol. The number of amides is 1. The standard InChI is InChI=1S/C14H17N3O3/c18-14(9-10-3-2-7-15-10)16-8-6-11-12(16)4-1-5-13(11)17(19)20/h1,4-5,10,15H,2-3,6-9H2. The molecule has 0 radical (unpaired) electrons. The van der Waals surface area contributed by atoms with Gasteiger partial charge in [-0.3, -0.25) is 14.9 Å². The average Bonchev–Trinajstić information content (AvgIpc) is 3.06. The van der Waals surface area contributed by atoms with Crippen LogP contribution in [0.2, 0.25) is 0 Å². The molecule has 106 valence electrons. The van der Waals surface area contributed by atoms with Crippen molar-refractivity contribution in [1.29, 1.82) is 0 Å². The maximum Gasteiger partial charge on any atom is 0.274 e. The van der Waals surface area contributed by atoms with Crippen molar-refractivity contribution in [2.45, 2.75) is 31.7 Å². The van der Waals surface area contributed by atoms with E-state index in [1.54, 1.807) is 17.0 Å². The summed E-state index contributed by atoms with van der Waals surface area (Å²) < 4.78 is 0. The minimum atomic E-state index is -0.370. The first-order valence-corrected chi connectivity index (χ1v) is 6.97. The lowest BCUT2D eigenvalue weighted by atomic mass is 10.1. The summed E-state index contributed by atoms with van der Waals surface area (Å²) in [6.07, 6.45) is 3.18. The molecule has 0 aromatic heterocycles. The normalized spacial score (nSPS) is 21.0. The molecule has 1 atom stereocenters. The third-order valence-corrected chi connectivity index (χ3v) is 4.08. The van der Waals surface area contributed by atoms with Crippen LogP contribution in [0.4, 0.5) is 11.4 Å². The maximum absolute atomic E-state index is 12.4. The van der Waals surface area contributed by atoms with Gasteiger partial charge in [0.1, 0.15) is 0 Å². The Kier molecular flexibility index (Phi) is 3.40. The van der Waals surface area contributed by atoms with Crippen LogP contribution in [0.5, 0.6) is 0 Å². The third-order valence-electron chi connectivity index (χ3n) is 4.08. The number of rotatable bonds is 3. The zero-order valence-corrected chi connectivity index (χ0v) is 11.2. The number of nitrogens with one attached hydrogen (secondary N) is 1. The van der Waals surface area contributed by atoms with Crippen LogP contribution < -0.4 is 10.2 Å². The molecule has 1 amide bonds. The molecule has 2 aliphatic rings. The Hall–Kier alpha value is -1.95. The number of hydrogen-bond acceptors (Lipinski definition) is 4. The molecule has 1 aromatic rings. The number of nitro benzene ring substituents is 1. The number of carbonyl (C=O) groups is 1. The summed E-state index contributed by atoms with van der Waals surface area (Å²) in [5, 5.41) is 14.3. The van der Waals surface area contributed by atoms with Crippen LogP contribution in [-0.4, -0.2) is 30.0 Å². The van der Waals surface area contributed by atoms with Crippen molar-refractivity contribution in [2.75, 3.05) is 18.0 Å². The molecule has 0 spiro atoms. The number of carbonyl (C=O) groups excluding carboxylic acids is 1. The number of nitro groups is 1. The van der Waals surface area contributed by atoms with Crippen LogP contribution in [0.3, 0.4) is 0 Å². The fraction of sp³-hybridized carbons (Fsp3) is 0.500. The van der Waals surface area contributed by atoms with Gasteiger partial charge in [0.2, 0.25) is 5.91 Å². The highest BCUT2D eigenvalue weighted by Crippen LogP contribution is 2.35. The smallest absolute Gasteiger partial charge is 0.274 e. The van der Waals surface area contributed by atoms with E-state index in [1.165, 1.54) is 6.07 Å². The molecule has 1 saturated heterocycles. The van der Waals surface area contributed by atoms with Crippen molar-refractivity contribution in [3.05, 3.63) is 33.9 Å². The van der Waals surface area contributed by atoms with Gasteiger partial charge in [0.25, 0.3) is 5.69 Å². The highest BCUT2D eigenvalue weighted by molar-refractivity contribution is 5.96. The Morgan fingerprint density at radius 1 is 1.50 bits per heavy atom. The summed E-state index contributed by atoms with van der Waals surface area (Å²) in [6, 6.07) is 5.21. The largest absolute Gasteiger partial charge is 0.313 e. The quantitative estimate of drug-likeness (QED) is 0.672. The van der Waals surface area contributed by atoms with Crippen LogP contribution in [0, 0.1) is 10.1 Å². The number of fused-ring (bicyclic) bond motifs is 1. The molecule has 1 unspecified atom stereocenters. The number of anilines is 1. The second kappa shape index (κ2) is 5.20. The van der Waals surface area contributed by atoms with Crippen LogP contribution in [0.25, 0.3) is 0 Å². The van der Waals surface area contributed by atoms with E-state index >= 15 is 0 Å². The molecule has 2 aliphatic heterocycles. The van der Waals surface area contributed by atoms with Gasteiger partial charge in [-0.1, -0.05) is 6.07 Å². The molecule has 3 rings (SSSR count). The molecular weight excluding hydrogens is 258 g/mol. The van der Waals surface area contributed by atoms with E-state index in [2.05, 4.69) is 5.32 Å². The Bertz CT molecular complexity index is 553. The summed E-state index contributed by atoms with van der Waals surface area (Å²) in [5.74, 6) is 0.0589. The highest BCUT2D eigenvalue weighted by atomic mass is 16.6. The maximum atomic E-state index is 12.4. The molecule has 0 aliphatic carbocycles. The van der Waals surface area contributed by atoms with Crippen LogP contribution in [0.15, 0.2) is 18.2 Å². The zero-order chi connectivity index (χ0) is 14.1. The number of benzene rings is 1. The Morgan fingerprint density at radius 3 is 3.05 bits per heavy atom. The van der Waals surface area contributed by atoms with Crippen molar-refractivity contribution in [3.8, 4) is 0 Å². The first-order valence-electron chi connectivity index (χ1n) is 6.97. The van der Waals surface area contributed by atoms with Crippen molar-refractivity contribution < 1.29 is 9.72 Å². The number of hydrogen-bond donors (Lipinski definition) is 1. The topological polar surface area (TPSA) is 75.5 Å². The molecule has 20 heavy (non-hydrogen) atoms. The van der Waals surface area contributed by atoms with E-state index in [9.17, 15) is 14.9 Å². The molecule has 1 aromatic carbocycles. The molecule has 1 N–H and O–H groups in total. The summed E-state index contributed by atoms with van der Waals surface area (Å²) in [7, 11) is 0. The molecule has 6 heteroatoms. The Morgan fingerprint density at radius 2 is 2.35 bits per heavy atom. The number of nitrogens with zero attached hydrogens (tertiary/aromatic N) is 2.